The fourth-order valence-electron chi connectivity index (χ4n) is 3.37. The van der Waals surface area contributed by atoms with Gasteiger partial charge < -0.3 is 9.47 Å². The molecule has 0 atom stereocenters. The van der Waals surface area contributed by atoms with Crippen LogP contribution in [0.5, 0.6) is 11.5 Å². The summed E-state index contributed by atoms with van der Waals surface area (Å²) in [7, 11) is 0. The fraction of sp³-hybridized carbons (Fsp3) is 0.0741. The van der Waals surface area contributed by atoms with E-state index in [0.29, 0.717) is 34.4 Å². The summed E-state index contributed by atoms with van der Waals surface area (Å²) in [5.74, 6) is -0.496. The molecule has 1 aliphatic rings. The zero-order valence-electron chi connectivity index (χ0n) is 18.6. The van der Waals surface area contributed by atoms with Gasteiger partial charge in [-0.2, -0.15) is 0 Å². The van der Waals surface area contributed by atoms with E-state index in [1.54, 1.807) is 66.7 Å². The Balaban J connectivity index is 1.54. The van der Waals surface area contributed by atoms with Crippen LogP contribution in [-0.4, -0.2) is 24.5 Å². The molecule has 1 saturated heterocycles. The van der Waals surface area contributed by atoms with Crippen LogP contribution in [-0.2, 0) is 16.2 Å². The molecule has 0 bridgehead atoms. The van der Waals surface area contributed by atoms with Crippen molar-refractivity contribution in [3.05, 3.63) is 107 Å². The monoisotopic (exact) mass is 488 g/mol. The summed E-state index contributed by atoms with van der Waals surface area (Å²) in [5.41, 5.74) is 1.56. The molecular weight excluding hydrogens is 468 g/mol. The standard InChI is InChI=1S/C27H21ClN2O5/c1-2-15-34-24-6-4-3-5-19(24)16-23-25(31)29-27(33)30(26(23)32)21-11-13-22(14-12-21)35-17-18-7-9-20(28)10-8-18/h2-14,16H,1,15,17H2,(H,29,31,33)/b23-16+. The van der Waals surface area contributed by atoms with E-state index in [1.807, 2.05) is 12.1 Å². The molecule has 0 saturated carbocycles. The highest BCUT2D eigenvalue weighted by molar-refractivity contribution is 6.39. The summed E-state index contributed by atoms with van der Waals surface area (Å²) in [6, 6.07) is 19.8. The van der Waals surface area contributed by atoms with E-state index in [0.717, 1.165) is 10.5 Å². The van der Waals surface area contributed by atoms with Crippen molar-refractivity contribution in [2.75, 3.05) is 11.5 Å². The lowest BCUT2D eigenvalue weighted by Gasteiger charge is -2.26. The lowest BCUT2D eigenvalue weighted by Crippen LogP contribution is -2.54. The van der Waals surface area contributed by atoms with Crippen molar-refractivity contribution in [2.24, 2.45) is 0 Å². The molecule has 0 unspecified atom stereocenters. The molecule has 1 heterocycles. The molecule has 7 nitrogen and oxygen atoms in total. The van der Waals surface area contributed by atoms with Crippen molar-refractivity contribution in [1.29, 1.82) is 0 Å². The van der Waals surface area contributed by atoms with Gasteiger partial charge in [-0.3, -0.25) is 14.9 Å². The number of halogens is 1. The number of carbonyl (C=O) groups is 3. The van der Waals surface area contributed by atoms with Gasteiger partial charge in [0.2, 0.25) is 0 Å². The number of urea groups is 1. The third-order valence-corrected chi connectivity index (χ3v) is 5.34. The van der Waals surface area contributed by atoms with E-state index in [9.17, 15) is 14.4 Å². The Morgan fingerprint density at radius 1 is 0.914 bits per heavy atom. The number of benzene rings is 3. The largest absolute Gasteiger partial charge is 0.489 e. The Morgan fingerprint density at radius 3 is 2.34 bits per heavy atom. The van der Waals surface area contributed by atoms with Gasteiger partial charge >= 0.3 is 6.03 Å². The zero-order valence-corrected chi connectivity index (χ0v) is 19.3. The van der Waals surface area contributed by atoms with Crippen LogP contribution in [0.1, 0.15) is 11.1 Å². The van der Waals surface area contributed by atoms with Crippen molar-refractivity contribution in [1.82, 2.24) is 5.32 Å². The van der Waals surface area contributed by atoms with E-state index < -0.39 is 17.8 Å². The number of carbonyl (C=O) groups excluding carboxylic acids is 3. The lowest BCUT2D eigenvalue weighted by atomic mass is 10.1. The van der Waals surface area contributed by atoms with Crippen LogP contribution in [0.2, 0.25) is 5.02 Å². The molecule has 1 aliphatic heterocycles. The summed E-state index contributed by atoms with van der Waals surface area (Å²) in [6.07, 6.45) is 2.99. The lowest BCUT2D eigenvalue weighted by molar-refractivity contribution is -0.122. The second-order valence-electron chi connectivity index (χ2n) is 7.50. The van der Waals surface area contributed by atoms with Crippen molar-refractivity contribution < 1.29 is 23.9 Å². The van der Waals surface area contributed by atoms with Crippen molar-refractivity contribution in [3.8, 4) is 11.5 Å². The van der Waals surface area contributed by atoms with Gasteiger partial charge in [-0.25, -0.2) is 9.69 Å². The molecule has 3 aromatic carbocycles. The number of hydrogen-bond donors (Lipinski definition) is 1. The number of barbiturate groups is 1. The molecule has 0 aromatic heterocycles. The minimum Gasteiger partial charge on any atom is -0.489 e. The minimum atomic E-state index is -0.830. The molecule has 1 fully saturated rings. The Hall–Kier alpha value is -4.36. The SMILES string of the molecule is C=CCOc1ccccc1/C=C1\C(=O)NC(=O)N(c2ccc(OCc3ccc(Cl)cc3)cc2)C1=O. The number of anilines is 1. The molecule has 4 rings (SSSR count). The molecule has 0 spiro atoms. The summed E-state index contributed by atoms with van der Waals surface area (Å²) >= 11 is 5.90. The molecule has 0 aliphatic carbocycles. The normalized spacial score (nSPS) is 14.6. The number of hydrogen-bond acceptors (Lipinski definition) is 5. The highest BCUT2D eigenvalue weighted by Gasteiger charge is 2.37. The maximum atomic E-state index is 13.2. The number of ether oxygens (including phenoxy) is 2. The Bertz CT molecular complexity index is 1300. The van der Waals surface area contributed by atoms with Gasteiger partial charge in [0.1, 0.15) is 30.3 Å². The average Bonchev–Trinajstić information content (AvgIpc) is 2.86. The van der Waals surface area contributed by atoms with Crippen LogP contribution in [0.4, 0.5) is 10.5 Å². The Kier molecular flexibility index (Phi) is 7.28. The third kappa shape index (κ3) is 5.59. The first-order valence-electron chi connectivity index (χ1n) is 10.7. The number of para-hydroxylation sites is 1. The highest BCUT2D eigenvalue weighted by atomic mass is 35.5. The van der Waals surface area contributed by atoms with Gasteiger partial charge in [0, 0.05) is 10.6 Å². The fourth-order valence-corrected chi connectivity index (χ4v) is 3.49. The van der Waals surface area contributed by atoms with Gasteiger partial charge in [0.05, 0.1) is 5.69 Å². The highest BCUT2D eigenvalue weighted by Crippen LogP contribution is 2.27. The van der Waals surface area contributed by atoms with Crippen LogP contribution in [0.25, 0.3) is 6.08 Å². The molecule has 4 amide bonds. The average molecular weight is 489 g/mol. The van der Waals surface area contributed by atoms with E-state index in [-0.39, 0.29) is 12.2 Å². The first-order valence-corrected chi connectivity index (χ1v) is 11.1. The second-order valence-corrected chi connectivity index (χ2v) is 7.94. The molecule has 3 aromatic rings. The van der Waals surface area contributed by atoms with Crippen LogP contribution < -0.4 is 19.7 Å². The third-order valence-electron chi connectivity index (χ3n) is 5.09. The summed E-state index contributed by atoms with van der Waals surface area (Å²) < 4.78 is 11.4. The summed E-state index contributed by atoms with van der Waals surface area (Å²) in [6.45, 7) is 4.21. The number of amides is 4. The molecule has 1 N–H and O–H groups in total. The topological polar surface area (TPSA) is 84.9 Å². The summed E-state index contributed by atoms with van der Waals surface area (Å²) in [4.78, 5) is 39.1. The van der Waals surface area contributed by atoms with E-state index >= 15 is 0 Å². The van der Waals surface area contributed by atoms with Crippen LogP contribution in [0.3, 0.4) is 0 Å². The molecule has 8 heteroatoms. The first-order chi connectivity index (χ1) is 17.0. The smallest absolute Gasteiger partial charge is 0.335 e. The minimum absolute atomic E-state index is 0.192. The second kappa shape index (κ2) is 10.7. The number of nitrogens with zero attached hydrogens (tertiary/aromatic N) is 1. The van der Waals surface area contributed by atoms with Gasteiger partial charge in [-0.15, -0.1) is 0 Å². The zero-order chi connectivity index (χ0) is 24.8. The van der Waals surface area contributed by atoms with Crippen LogP contribution >= 0.6 is 11.6 Å². The number of imide groups is 2. The van der Waals surface area contributed by atoms with Crippen LogP contribution in [0.15, 0.2) is 91.0 Å². The molecule has 35 heavy (non-hydrogen) atoms. The predicted octanol–water partition coefficient (Wildman–Crippen LogP) is 5.15. The Morgan fingerprint density at radius 2 is 1.63 bits per heavy atom. The van der Waals surface area contributed by atoms with Crippen molar-refractivity contribution in [2.45, 2.75) is 6.61 Å². The van der Waals surface area contributed by atoms with Crippen molar-refractivity contribution >= 4 is 41.2 Å². The van der Waals surface area contributed by atoms with E-state index in [4.69, 9.17) is 21.1 Å². The quantitative estimate of drug-likeness (QED) is 0.269. The van der Waals surface area contributed by atoms with Gasteiger partial charge in [-0.05, 0) is 54.1 Å². The van der Waals surface area contributed by atoms with Gasteiger partial charge in [-0.1, -0.05) is 54.6 Å². The molecule has 176 valence electrons. The first kappa shape index (κ1) is 23.8. The number of nitrogens with one attached hydrogen (secondary N) is 1. The predicted molar refractivity (Wildman–Crippen MR) is 133 cm³/mol. The maximum absolute atomic E-state index is 13.2. The molecule has 0 radical (unpaired) electrons. The number of rotatable bonds is 8. The van der Waals surface area contributed by atoms with Gasteiger partial charge in [0.25, 0.3) is 11.8 Å². The van der Waals surface area contributed by atoms with E-state index in [1.165, 1.54) is 6.08 Å². The summed E-state index contributed by atoms with van der Waals surface area (Å²) in [5, 5.41) is 2.86. The van der Waals surface area contributed by atoms with Crippen LogP contribution in [0, 0.1) is 0 Å². The Labute approximate surface area is 207 Å². The maximum Gasteiger partial charge on any atom is 0.335 e. The van der Waals surface area contributed by atoms with Gasteiger partial charge in [0.15, 0.2) is 0 Å². The van der Waals surface area contributed by atoms with Crippen molar-refractivity contribution in [3.63, 3.8) is 0 Å². The van der Waals surface area contributed by atoms with E-state index in [2.05, 4.69) is 11.9 Å². The molecular formula is C27H21ClN2O5.